The summed E-state index contributed by atoms with van der Waals surface area (Å²) >= 11 is 0. The summed E-state index contributed by atoms with van der Waals surface area (Å²) in [5, 5.41) is 12.7. The summed E-state index contributed by atoms with van der Waals surface area (Å²) in [6.07, 6.45) is 8.69. The summed E-state index contributed by atoms with van der Waals surface area (Å²) < 4.78 is 3.08. The Bertz CT molecular complexity index is 855. The predicted molar refractivity (Wildman–Crippen MR) is 105 cm³/mol. The first kappa shape index (κ1) is 18.3. The van der Waals surface area contributed by atoms with Crippen molar-refractivity contribution in [2.24, 2.45) is 5.92 Å². The van der Waals surface area contributed by atoms with Crippen molar-refractivity contribution in [2.45, 2.75) is 76.5 Å². The van der Waals surface area contributed by atoms with Crippen LogP contribution in [-0.2, 0) is 6.54 Å². The Hall–Kier alpha value is -2.08. The Kier molecular flexibility index (Phi) is 5.34. The van der Waals surface area contributed by atoms with Crippen molar-refractivity contribution < 1.29 is 9.90 Å². The lowest BCUT2D eigenvalue weighted by Crippen LogP contribution is -2.44. The molecule has 4 rings (SSSR count). The topological polar surface area (TPSA) is 76.3 Å². The van der Waals surface area contributed by atoms with E-state index in [0.29, 0.717) is 30.8 Å². The third-order valence-corrected chi connectivity index (χ3v) is 6.23. The normalized spacial score (nSPS) is 24.2. The molecule has 0 unspecified atom stereocenters. The van der Waals surface area contributed by atoms with Crippen LogP contribution in [0.5, 0.6) is 0 Å². The molecule has 146 valence electrons. The highest BCUT2D eigenvalue weighted by Gasteiger charge is 2.25. The molecule has 1 amide bonds. The van der Waals surface area contributed by atoms with Crippen molar-refractivity contribution in [1.29, 1.82) is 0 Å². The fourth-order valence-corrected chi connectivity index (χ4v) is 4.67. The molecule has 2 fully saturated rings. The molecule has 2 aromatic rings. The maximum atomic E-state index is 13.1. The lowest BCUT2D eigenvalue weighted by Gasteiger charge is -2.26. The second-order valence-corrected chi connectivity index (χ2v) is 8.18. The van der Waals surface area contributed by atoms with Gasteiger partial charge in [0.25, 0.3) is 0 Å². The number of amides is 1. The van der Waals surface area contributed by atoms with Crippen molar-refractivity contribution >= 4 is 17.1 Å². The van der Waals surface area contributed by atoms with Gasteiger partial charge in [-0.2, -0.15) is 0 Å². The number of nitrogens with one attached hydrogen (secondary N) is 1. The summed E-state index contributed by atoms with van der Waals surface area (Å²) in [7, 11) is 0. The number of aliphatic hydroxyl groups excluding tert-OH is 1. The van der Waals surface area contributed by atoms with Gasteiger partial charge < -0.3 is 10.4 Å². The SMILES string of the molecule is O=C(NC1CCC(O)CC1)n1c(=O)n(CC2CCCCC2)c2ccccc21. The third-order valence-electron chi connectivity index (χ3n) is 6.23. The minimum atomic E-state index is -0.347. The van der Waals surface area contributed by atoms with E-state index in [0.717, 1.165) is 31.2 Å². The van der Waals surface area contributed by atoms with Gasteiger partial charge in [-0.3, -0.25) is 4.57 Å². The van der Waals surface area contributed by atoms with E-state index in [1.165, 1.54) is 23.8 Å². The molecule has 0 radical (unpaired) electrons. The smallest absolute Gasteiger partial charge is 0.337 e. The molecule has 27 heavy (non-hydrogen) atoms. The number of nitrogens with zero attached hydrogens (tertiary/aromatic N) is 2. The quantitative estimate of drug-likeness (QED) is 0.870. The minimum absolute atomic E-state index is 0.0215. The van der Waals surface area contributed by atoms with Crippen LogP contribution in [0.3, 0.4) is 0 Å². The van der Waals surface area contributed by atoms with E-state index >= 15 is 0 Å². The molecule has 0 bridgehead atoms. The fraction of sp³-hybridized carbons (Fsp3) is 0.619. The van der Waals surface area contributed by atoms with Gasteiger partial charge in [-0.1, -0.05) is 31.4 Å². The number of carbonyl (C=O) groups is 1. The van der Waals surface area contributed by atoms with Gasteiger partial charge in [-0.15, -0.1) is 0 Å². The first-order chi connectivity index (χ1) is 13.1. The van der Waals surface area contributed by atoms with Crippen LogP contribution in [0.4, 0.5) is 4.79 Å². The van der Waals surface area contributed by atoms with E-state index in [-0.39, 0.29) is 23.9 Å². The summed E-state index contributed by atoms with van der Waals surface area (Å²) in [5.74, 6) is 0.513. The zero-order valence-corrected chi connectivity index (χ0v) is 15.8. The monoisotopic (exact) mass is 371 g/mol. The molecule has 0 aliphatic heterocycles. The Labute approximate surface area is 159 Å². The summed E-state index contributed by atoms with van der Waals surface area (Å²) in [4.78, 5) is 26.0. The van der Waals surface area contributed by atoms with Crippen LogP contribution in [0.1, 0.15) is 57.8 Å². The highest BCUT2D eigenvalue weighted by molar-refractivity contribution is 5.89. The van der Waals surface area contributed by atoms with Crippen molar-refractivity contribution in [3.63, 3.8) is 0 Å². The zero-order valence-electron chi connectivity index (χ0n) is 15.8. The number of para-hydroxylation sites is 2. The van der Waals surface area contributed by atoms with Gasteiger partial charge in [0.2, 0.25) is 0 Å². The van der Waals surface area contributed by atoms with Gasteiger partial charge in [0, 0.05) is 12.6 Å². The number of hydrogen-bond donors (Lipinski definition) is 2. The van der Waals surface area contributed by atoms with Gasteiger partial charge in [-0.25, -0.2) is 14.2 Å². The molecule has 0 saturated heterocycles. The number of aliphatic hydroxyl groups is 1. The minimum Gasteiger partial charge on any atom is -0.393 e. The molecule has 0 spiro atoms. The number of hydrogen-bond acceptors (Lipinski definition) is 3. The third kappa shape index (κ3) is 3.81. The first-order valence-corrected chi connectivity index (χ1v) is 10.3. The maximum absolute atomic E-state index is 13.1. The average Bonchev–Trinajstić information content (AvgIpc) is 2.96. The Balaban J connectivity index is 1.61. The van der Waals surface area contributed by atoms with Crippen LogP contribution in [-0.4, -0.2) is 32.4 Å². The lowest BCUT2D eigenvalue weighted by atomic mass is 9.89. The number of imidazole rings is 1. The molecule has 2 aliphatic carbocycles. The molecular formula is C21H29N3O3. The molecule has 0 atom stereocenters. The van der Waals surface area contributed by atoms with Gasteiger partial charge in [0.15, 0.2) is 0 Å². The highest BCUT2D eigenvalue weighted by Crippen LogP contribution is 2.26. The second-order valence-electron chi connectivity index (χ2n) is 8.18. The lowest BCUT2D eigenvalue weighted by molar-refractivity contribution is 0.118. The largest absolute Gasteiger partial charge is 0.393 e. The molecular weight excluding hydrogens is 342 g/mol. The number of fused-ring (bicyclic) bond motifs is 1. The molecule has 1 aromatic carbocycles. The average molecular weight is 371 g/mol. The number of carbonyl (C=O) groups excluding carboxylic acids is 1. The zero-order chi connectivity index (χ0) is 18.8. The van der Waals surface area contributed by atoms with Gasteiger partial charge in [0.1, 0.15) is 0 Å². The van der Waals surface area contributed by atoms with Crippen molar-refractivity contribution in [3.05, 3.63) is 34.7 Å². The van der Waals surface area contributed by atoms with Crippen molar-refractivity contribution in [2.75, 3.05) is 0 Å². The summed E-state index contributed by atoms with van der Waals surface area (Å²) in [6, 6.07) is 7.24. The summed E-state index contributed by atoms with van der Waals surface area (Å²) in [5.41, 5.74) is 1.27. The molecule has 2 saturated carbocycles. The Morgan fingerprint density at radius 3 is 2.37 bits per heavy atom. The van der Waals surface area contributed by atoms with Crippen LogP contribution in [0.25, 0.3) is 11.0 Å². The molecule has 2 aliphatic rings. The van der Waals surface area contributed by atoms with Crippen LogP contribution in [0.15, 0.2) is 29.1 Å². The summed E-state index contributed by atoms with van der Waals surface area (Å²) in [6.45, 7) is 0.690. The van der Waals surface area contributed by atoms with Crippen molar-refractivity contribution in [1.82, 2.24) is 14.5 Å². The van der Waals surface area contributed by atoms with E-state index in [9.17, 15) is 14.7 Å². The van der Waals surface area contributed by atoms with Gasteiger partial charge >= 0.3 is 11.7 Å². The number of aromatic nitrogens is 2. The second kappa shape index (κ2) is 7.89. The van der Waals surface area contributed by atoms with Crippen LogP contribution < -0.4 is 11.0 Å². The molecule has 2 N–H and O–H groups in total. The molecule has 6 heteroatoms. The van der Waals surface area contributed by atoms with E-state index in [1.54, 1.807) is 4.57 Å². The van der Waals surface area contributed by atoms with Crippen LogP contribution >= 0.6 is 0 Å². The number of rotatable bonds is 3. The highest BCUT2D eigenvalue weighted by atomic mass is 16.3. The van der Waals surface area contributed by atoms with Gasteiger partial charge in [-0.05, 0) is 56.6 Å². The fourth-order valence-electron chi connectivity index (χ4n) is 4.67. The maximum Gasteiger partial charge on any atom is 0.337 e. The van der Waals surface area contributed by atoms with E-state index in [2.05, 4.69) is 5.32 Å². The van der Waals surface area contributed by atoms with Crippen molar-refractivity contribution in [3.8, 4) is 0 Å². The first-order valence-electron chi connectivity index (χ1n) is 10.3. The number of benzene rings is 1. The standard InChI is InChI=1S/C21H29N3O3/c25-17-12-10-16(11-13-17)22-20(26)24-19-9-5-4-8-18(19)23(21(24)27)14-15-6-2-1-3-7-15/h4-5,8-9,15-17,25H,1-3,6-7,10-14H2,(H,22,26). The molecule has 1 aromatic heterocycles. The van der Waals surface area contributed by atoms with E-state index in [1.807, 2.05) is 24.3 Å². The molecule has 1 heterocycles. The van der Waals surface area contributed by atoms with E-state index in [4.69, 9.17) is 0 Å². The Morgan fingerprint density at radius 2 is 1.67 bits per heavy atom. The van der Waals surface area contributed by atoms with Crippen LogP contribution in [0.2, 0.25) is 0 Å². The van der Waals surface area contributed by atoms with Gasteiger partial charge in [0.05, 0.1) is 17.1 Å². The Morgan fingerprint density at radius 1 is 1.00 bits per heavy atom. The van der Waals surface area contributed by atoms with Crippen LogP contribution in [0, 0.1) is 5.92 Å². The van der Waals surface area contributed by atoms with E-state index < -0.39 is 0 Å². The predicted octanol–water partition coefficient (Wildman–Crippen LogP) is 3.24. The molecule has 6 nitrogen and oxygen atoms in total.